The van der Waals surface area contributed by atoms with Gasteiger partial charge in [-0.3, -0.25) is 4.79 Å². The van der Waals surface area contributed by atoms with Crippen molar-refractivity contribution in [3.63, 3.8) is 0 Å². The summed E-state index contributed by atoms with van der Waals surface area (Å²) >= 11 is 0. The number of amides is 1. The number of hydrogen-bond donors (Lipinski definition) is 0. The van der Waals surface area contributed by atoms with E-state index in [0.717, 1.165) is 0 Å². The number of alkyl halides is 2. The van der Waals surface area contributed by atoms with Gasteiger partial charge in [0.2, 0.25) is 5.91 Å². The van der Waals surface area contributed by atoms with E-state index in [-0.39, 0.29) is 23.8 Å². The third-order valence-electron chi connectivity index (χ3n) is 3.80. The molecule has 0 radical (unpaired) electrons. The number of carbonyl (C=O) groups is 1. The van der Waals surface area contributed by atoms with Gasteiger partial charge in [-0.05, 0) is 18.6 Å². The summed E-state index contributed by atoms with van der Waals surface area (Å²) in [7, 11) is -3.14. The van der Waals surface area contributed by atoms with Crippen LogP contribution in [0.3, 0.4) is 0 Å². The predicted octanol–water partition coefficient (Wildman–Crippen LogP) is 2.50. The van der Waals surface area contributed by atoms with Crippen molar-refractivity contribution in [3.8, 4) is 5.75 Å². The van der Waals surface area contributed by atoms with E-state index in [4.69, 9.17) is 0 Å². The highest BCUT2D eigenvalue weighted by Crippen LogP contribution is 2.22. The second-order valence-corrected chi connectivity index (χ2v) is 7.81. The van der Waals surface area contributed by atoms with Gasteiger partial charge in [-0.15, -0.1) is 6.58 Å². The molecule has 1 amide bonds. The highest BCUT2D eigenvalue weighted by Gasteiger charge is 2.33. The maximum atomic E-state index is 12.4. The van der Waals surface area contributed by atoms with E-state index in [9.17, 15) is 22.0 Å². The highest BCUT2D eigenvalue weighted by molar-refractivity contribution is 7.91. The van der Waals surface area contributed by atoms with Crippen LogP contribution in [0.25, 0.3) is 6.08 Å². The van der Waals surface area contributed by atoms with Gasteiger partial charge in [0, 0.05) is 24.2 Å². The molecule has 25 heavy (non-hydrogen) atoms. The molecule has 1 fully saturated rings. The van der Waals surface area contributed by atoms with Crippen molar-refractivity contribution in [1.29, 1.82) is 0 Å². The maximum Gasteiger partial charge on any atom is 0.387 e. The van der Waals surface area contributed by atoms with Gasteiger partial charge in [-0.1, -0.05) is 24.3 Å². The third kappa shape index (κ3) is 5.38. The highest BCUT2D eigenvalue weighted by atomic mass is 32.2. The number of rotatable bonds is 7. The van der Waals surface area contributed by atoms with Gasteiger partial charge in [0.15, 0.2) is 9.84 Å². The molecular formula is C17H19F2NO4S. The Morgan fingerprint density at radius 2 is 2.12 bits per heavy atom. The summed E-state index contributed by atoms with van der Waals surface area (Å²) < 4.78 is 52.5. The summed E-state index contributed by atoms with van der Waals surface area (Å²) in [6.45, 7) is 0.825. The molecule has 1 aromatic carbocycles. The summed E-state index contributed by atoms with van der Waals surface area (Å²) in [4.78, 5) is 13.9. The van der Waals surface area contributed by atoms with Crippen LogP contribution in [0.4, 0.5) is 8.78 Å². The average molecular weight is 371 g/mol. The zero-order chi connectivity index (χ0) is 18.4. The quantitative estimate of drug-likeness (QED) is 0.546. The molecule has 1 heterocycles. The first-order valence-electron chi connectivity index (χ1n) is 7.66. The summed E-state index contributed by atoms with van der Waals surface area (Å²) in [5, 5.41) is 0. The molecule has 2 rings (SSSR count). The van der Waals surface area contributed by atoms with Gasteiger partial charge >= 0.3 is 6.61 Å². The smallest absolute Gasteiger partial charge is 0.387 e. The van der Waals surface area contributed by atoms with Crippen LogP contribution in [0.1, 0.15) is 12.0 Å². The normalized spacial score (nSPS) is 19.2. The van der Waals surface area contributed by atoms with Gasteiger partial charge < -0.3 is 9.64 Å². The molecule has 1 unspecified atom stereocenters. The van der Waals surface area contributed by atoms with Crippen molar-refractivity contribution in [1.82, 2.24) is 4.90 Å². The molecule has 0 N–H and O–H groups in total. The fourth-order valence-electron chi connectivity index (χ4n) is 2.66. The Hall–Kier alpha value is -2.22. The lowest BCUT2D eigenvalue weighted by Crippen LogP contribution is -2.40. The standard InChI is InChI=1S/C17H19F2NO4S/c1-2-10-20(14-9-11-25(22,23)12-14)16(21)8-7-13-5-3-4-6-15(13)24-17(18)19/h2-8,14,17H,1,9-12H2/b8-7+. The van der Waals surface area contributed by atoms with Gasteiger partial charge in [-0.2, -0.15) is 8.78 Å². The molecule has 0 spiro atoms. The number of hydrogen-bond acceptors (Lipinski definition) is 4. The predicted molar refractivity (Wildman–Crippen MR) is 91.1 cm³/mol. The van der Waals surface area contributed by atoms with Gasteiger partial charge in [0.05, 0.1) is 11.5 Å². The lowest BCUT2D eigenvalue weighted by molar-refractivity contribution is -0.127. The van der Waals surface area contributed by atoms with Crippen molar-refractivity contribution in [2.24, 2.45) is 0 Å². The lowest BCUT2D eigenvalue weighted by atomic mass is 10.1. The molecule has 5 nitrogen and oxygen atoms in total. The SMILES string of the molecule is C=CCN(C(=O)/C=C/c1ccccc1OC(F)F)C1CCS(=O)(=O)C1. The molecule has 0 bridgehead atoms. The van der Waals surface area contributed by atoms with Crippen molar-refractivity contribution in [3.05, 3.63) is 48.6 Å². The number of sulfone groups is 1. The number of nitrogens with zero attached hydrogens (tertiary/aromatic N) is 1. The fraction of sp³-hybridized carbons (Fsp3) is 0.353. The van der Waals surface area contributed by atoms with E-state index >= 15 is 0 Å². The monoisotopic (exact) mass is 371 g/mol. The summed E-state index contributed by atoms with van der Waals surface area (Å²) in [5.41, 5.74) is 0.328. The Bertz CT molecular complexity index is 762. The lowest BCUT2D eigenvalue weighted by Gasteiger charge is -2.25. The Kier molecular flexibility index (Phi) is 6.30. The minimum atomic E-state index is -3.14. The second kappa shape index (κ2) is 8.24. The molecule has 0 aromatic heterocycles. The van der Waals surface area contributed by atoms with Crippen LogP contribution < -0.4 is 4.74 Å². The summed E-state index contributed by atoms with van der Waals surface area (Å²) in [5.74, 6) is -0.479. The first-order chi connectivity index (χ1) is 11.8. The first-order valence-corrected chi connectivity index (χ1v) is 9.48. The Morgan fingerprint density at radius 3 is 2.72 bits per heavy atom. The molecular weight excluding hydrogens is 352 g/mol. The van der Waals surface area contributed by atoms with Crippen LogP contribution >= 0.6 is 0 Å². The van der Waals surface area contributed by atoms with Crippen LogP contribution in [-0.2, 0) is 14.6 Å². The minimum Gasteiger partial charge on any atom is -0.434 e. The number of carbonyl (C=O) groups excluding carboxylic acids is 1. The number of benzene rings is 1. The molecule has 0 saturated carbocycles. The van der Waals surface area contributed by atoms with Crippen molar-refractivity contribution >= 4 is 21.8 Å². The van der Waals surface area contributed by atoms with Crippen molar-refractivity contribution in [2.45, 2.75) is 19.1 Å². The van der Waals surface area contributed by atoms with E-state index in [2.05, 4.69) is 11.3 Å². The molecule has 1 aliphatic heterocycles. The number of para-hydroxylation sites is 1. The van der Waals surface area contributed by atoms with Crippen LogP contribution in [0.5, 0.6) is 5.75 Å². The average Bonchev–Trinajstić information content (AvgIpc) is 2.90. The van der Waals surface area contributed by atoms with Crippen LogP contribution in [0.2, 0.25) is 0 Å². The zero-order valence-corrected chi connectivity index (χ0v) is 14.3. The topological polar surface area (TPSA) is 63.7 Å². The van der Waals surface area contributed by atoms with E-state index in [1.54, 1.807) is 18.2 Å². The molecule has 0 aliphatic carbocycles. The fourth-order valence-corrected chi connectivity index (χ4v) is 4.39. The van der Waals surface area contributed by atoms with Crippen LogP contribution in [0, 0.1) is 0 Å². The number of halogens is 2. The Morgan fingerprint density at radius 1 is 1.40 bits per heavy atom. The molecule has 8 heteroatoms. The molecule has 1 saturated heterocycles. The Labute approximate surface area is 145 Å². The van der Waals surface area contributed by atoms with Crippen molar-refractivity contribution in [2.75, 3.05) is 18.1 Å². The molecule has 1 aliphatic rings. The van der Waals surface area contributed by atoms with Gasteiger partial charge in [0.25, 0.3) is 0 Å². The molecule has 1 atom stereocenters. The van der Waals surface area contributed by atoms with Crippen molar-refractivity contribution < 1.29 is 26.7 Å². The molecule has 136 valence electrons. The Balaban J connectivity index is 2.16. The van der Waals surface area contributed by atoms with E-state index in [1.165, 1.54) is 29.2 Å². The van der Waals surface area contributed by atoms with Crippen LogP contribution in [0.15, 0.2) is 43.0 Å². The van der Waals surface area contributed by atoms with E-state index in [0.29, 0.717) is 12.0 Å². The second-order valence-electron chi connectivity index (χ2n) is 5.59. The van der Waals surface area contributed by atoms with E-state index < -0.39 is 28.4 Å². The van der Waals surface area contributed by atoms with E-state index in [1.807, 2.05) is 0 Å². The van der Waals surface area contributed by atoms with Crippen LogP contribution in [-0.4, -0.2) is 49.9 Å². The summed E-state index contributed by atoms with van der Waals surface area (Å²) in [6, 6.07) is 5.69. The zero-order valence-electron chi connectivity index (χ0n) is 13.5. The number of ether oxygens (including phenoxy) is 1. The largest absolute Gasteiger partial charge is 0.434 e. The third-order valence-corrected chi connectivity index (χ3v) is 5.55. The minimum absolute atomic E-state index is 0.0414. The van der Waals surface area contributed by atoms with Gasteiger partial charge in [-0.25, -0.2) is 8.42 Å². The molecule has 1 aromatic rings. The maximum absolute atomic E-state index is 12.4. The first kappa shape index (κ1) is 19.1. The van der Waals surface area contributed by atoms with Gasteiger partial charge in [0.1, 0.15) is 5.75 Å². The summed E-state index contributed by atoms with van der Waals surface area (Å²) in [6.07, 6.45) is 4.49.